The first-order valence-electron chi connectivity index (χ1n) is 10.4. The molecule has 1 aliphatic rings. The van der Waals surface area contributed by atoms with Crippen LogP contribution >= 0.6 is 0 Å². The van der Waals surface area contributed by atoms with E-state index < -0.39 is 0 Å². The van der Waals surface area contributed by atoms with Crippen molar-refractivity contribution in [3.63, 3.8) is 0 Å². The molecule has 1 heterocycles. The highest BCUT2D eigenvalue weighted by molar-refractivity contribution is 5.94. The third kappa shape index (κ3) is 6.31. The van der Waals surface area contributed by atoms with E-state index in [1.54, 1.807) is 14.2 Å². The predicted octanol–water partition coefficient (Wildman–Crippen LogP) is 3.18. The molecule has 1 amide bonds. The molecule has 0 saturated carbocycles. The van der Waals surface area contributed by atoms with Gasteiger partial charge in [0.1, 0.15) is 5.75 Å². The fourth-order valence-corrected chi connectivity index (χ4v) is 4.00. The molecular weight excluding hydrogens is 364 g/mol. The summed E-state index contributed by atoms with van der Waals surface area (Å²) in [5.41, 5.74) is 3.07. The van der Waals surface area contributed by atoms with Crippen molar-refractivity contribution in [2.24, 2.45) is 5.92 Å². The zero-order chi connectivity index (χ0) is 20.5. The van der Waals surface area contributed by atoms with Gasteiger partial charge in [-0.2, -0.15) is 0 Å². The van der Waals surface area contributed by atoms with E-state index in [0.717, 1.165) is 56.0 Å². The van der Waals surface area contributed by atoms with Crippen molar-refractivity contribution in [3.05, 3.63) is 65.2 Å². The number of para-hydroxylation sites is 1. The van der Waals surface area contributed by atoms with E-state index in [4.69, 9.17) is 9.47 Å². The second-order valence-electron chi connectivity index (χ2n) is 7.67. The quantitative estimate of drug-likeness (QED) is 0.670. The maximum Gasteiger partial charge on any atom is 0.251 e. The molecule has 1 aliphatic heterocycles. The second kappa shape index (κ2) is 11.0. The molecule has 0 bridgehead atoms. The number of nitrogens with zero attached hydrogens (tertiary/aromatic N) is 1. The third-order valence-electron chi connectivity index (χ3n) is 5.57. The number of nitrogens with one attached hydrogen (secondary N) is 1. The maximum atomic E-state index is 12.6. The number of carbonyl (C=O) groups is 1. The highest BCUT2D eigenvalue weighted by Crippen LogP contribution is 2.21. The molecule has 0 spiro atoms. The first-order chi connectivity index (χ1) is 14.2. The minimum atomic E-state index is -0.0186. The van der Waals surface area contributed by atoms with E-state index in [0.29, 0.717) is 12.5 Å². The van der Waals surface area contributed by atoms with Gasteiger partial charge in [-0.15, -0.1) is 0 Å². The minimum Gasteiger partial charge on any atom is -0.496 e. The summed E-state index contributed by atoms with van der Waals surface area (Å²) in [5.74, 6) is 1.49. The summed E-state index contributed by atoms with van der Waals surface area (Å²) in [6, 6.07) is 16.0. The van der Waals surface area contributed by atoms with Crippen LogP contribution in [0.5, 0.6) is 5.75 Å². The molecule has 2 aromatic rings. The molecule has 1 saturated heterocycles. The van der Waals surface area contributed by atoms with Crippen LogP contribution in [0, 0.1) is 5.92 Å². The van der Waals surface area contributed by atoms with Crippen molar-refractivity contribution >= 4 is 5.91 Å². The summed E-state index contributed by atoms with van der Waals surface area (Å²) in [4.78, 5) is 15.0. The number of ether oxygens (including phenoxy) is 2. The van der Waals surface area contributed by atoms with Crippen molar-refractivity contribution < 1.29 is 14.3 Å². The number of likely N-dealkylation sites (tertiary alicyclic amines) is 1. The predicted molar refractivity (Wildman–Crippen MR) is 116 cm³/mol. The SMILES string of the molecule is COCCN1CCC(Cc2cccc(C(=O)NCCc3ccccc3OC)c2)C1. The van der Waals surface area contributed by atoms with Crippen molar-refractivity contribution in [3.8, 4) is 5.75 Å². The van der Waals surface area contributed by atoms with E-state index in [1.807, 2.05) is 42.5 Å². The number of rotatable bonds is 10. The molecule has 0 aromatic heterocycles. The Labute approximate surface area is 174 Å². The maximum absolute atomic E-state index is 12.6. The molecule has 29 heavy (non-hydrogen) atoms. The van der Waals surface area contributed by atoms with E-state index in [-0.39, 0.29) is 5.91 Å². The topological polar surface area (TPSA) is 50.8 Å². The van der Waals surface area contributed by atoms with Crippen LogP contribution in [-0.2, 0) is 17.6 Å². The van der Waals surface area contributed by atoms with Gasteiger partial charge in [0, 0.05) is 32.3 Å². The number of hydrogen-bond acceptors (Lipinski definition) is 4. The summed E-state index contributed by atoms with van der Waals surface area (Å²) in [6.07, 6.45) is 2.97. The lowest BCUT2D eigenvalue weighted by Gasteiger charge is -2.15. The Balaban J connectivity index is 1.49. The molecule has 5 heteroatoms. The second-order valence-corrected chi connectivity index (χ2v) is 7.67. The largest absolute Gasteiger partial charge is 0.496 e. The van der Waals surface area contributed by atoms with Gasteiger partial charge in [0.25, 0.3) is 5.91 Å². The van der Waals surface area contributed by atoms with E-state index in [2.05, 4.69) is 16.3 Å². The van der Waals surface area contributed by atoms with E-state index in [1.165, 1.54) is 12.0 Å². The Morgan fingerprint density at radius 1 is 1.17 bits per heavy atom. The Morgan fingerprint density at radius 2 is 2.03 bits per heavy atom. The lowest BCUT2D eigenvalue weighted by atomic mass is 9.97. The van der Waals surface area contributed by atoms with Crippen LogP contribution in [0.3, 0.4) is 0 Å². The van der Waals surface area contributed by atoms with Gasteiger partial charge in [0.2, 0.25) is 0 Å². The summed E-state index contributed by atoms with van der Waals surface area (Å²) >= 11 is 0. The molecule has 1 fully saturated rings. The van der Waals surface area contributed by atoms with Gasteiger partial charge < -0.3 is 19.7 Å². The molecule has 1 N–H and O–H groups in total. The fourth-order valence-electron chi connectivity index (χ4n) is 4.00. The lowest BCUT2D eigenvalue weighted by molar-refractivity contribution is 0.0954. The molecular formula is C24H32N2O3. The van der Waals surface area contributed by atoms with Crippen LogP contribution in [0.4, 0.5) is 0 Å². The molecule has 1 atom stereocenters. The molecule has 156 valence electrons. The highest BCUT2D eigenvalue weighted by atomic mass is 16.5. The van der Waals surface area contributed by atoms with E-state index in [9.17, 15) is 4.79 Å². The first-order valence-corrected chi connectivity index (χ1v) is 10.4. The molecule has 5 nitrogen and oxygen atoms in total. The molecule has 1 unspecified atom stereocenters. The van der Waals surface area contributed by atoms with Crippen molar-refractivity contribution in [1.82, 2.24) is 10.2 Å². The number of carbonyl (C=O) groups excluding carboxylic acids is 1. The summed E-state index contributed by atoms with van der Waals surface area (Å²) < 4.78 is 10.6. The minimum absolute atomic E-state index is 0.0186. The summed E-state index contributed by atoms with van der Waals surface area (Å²) in [7, 11) is 3.42. The fraction of sp³-hybridized carbons (Fsp3) is 0.458. The van der Waals surface area contributed by atoms with Gasteiger partial charge in [-0.25, -0.2) is 0 Å². The average molecular weight is 397 g/mol. The van der Waals surface area contributed by atoms with Crippen LogP contribution in [0.25, 0.3) is 0 Å². The summed E-state index contributed by atoms with van der Waals surface area (Å²) in [5, 5.41) is 3.03. The van der Waals surface area contributed by atoms with Crippen LogP contribution < -0.4 is 10.1 Å². The van der Waals surface area contributed by atoms with Gasteiger partial charge in [-0.1, -0.05) is 30.3 Å². The van der Waals surface area contributed by atoms with Crippen molar-refractivity contribution in [1.29, 1.82) is 0 Å². The lowest BCUT2D eigenvalue weighted by Crippen LogP contribution is -2.26. The zero-order valence-electron chi connectivity index (χ0n) is 17.5. The van der Waals surface area contributed by atoms with Gasteiger partial charge in [0.05, 0.1) is 13.7 Å². The molecule has 0 radical (unpaired) electrons. The Kier molecular flexibility index (Phi) is 8.08. The average Bonchev–Trinajstić information content (AvgIpc) is 3.20. The Bertz CT molecular complexity index is 793. The van der Waals surface area contributed by atoms with Crippen molar-refractivity contribution in [2.75, 3.05) is 47.0 Å². The van der Waals surface area contributed by atoms with Gasteiger partial charge >= 0.3 is 0 Å². The summed E-state index contributed by atoms with van der Waals surface area (Å²) in [6.45, 7) is 4.62. The number of benzene rings is 2. The molecule has 0 aliphatic carbocycles. The standard InChI is InChI=1S/C24H32N2O3/c1-28-15-14-26-13-11-20(18-26)16-19-6-5-8-22(17-19)24(27)25-12-10-21-7-3-4-9-23(21)29-2/h3-9,17,20H,10-16,18H2,1-2H3,(H,25,27). The normalized spacial score (nSPS) is 16.7. The first kappa shape index (κ1) is 21.3. The smallest absolute Gasteiger partial charge is 0.251 e. The Morgan fingerprint density at radius 3 is 2.86 bits per heavy atom. The number of hydrogen-bond donors (Lipinski definition) is 1. The molecule has 2 aromatic carbocycles. The number of amides is 1. The van der Waals surface area contributed by atoms with Crippen LogP contribution in [0.2, 0.25) is 0 Å². The van der Waals surface area contributed by atoms with Crippen molar-refractivity contribution in [2.45, 2.75) is 19.3 Å². The van der Waals surface area contributed by atoms with Crippen LogP contribution in [0.1, 0.15) is 27.9 Å². The Hall–Kier alpha value is -2.37. The van der Waals surface area contributed by atoms with Gasteiger partial charge in [0.15, 0.2) is 0 Å². The number of methoxy groups -OCH3 is 2. The highest BCUT2D eigenvalue weighted by Gasteiger charge is 2.22. The van der Waals surface area contributed by atoms with Crippen LogP contribution in [-0.4, -0.2) is 57.8 Å². The van der Waals surface area contributed by atoms with Crippen LogP contribution in [0.15, 0.2) is 48.5 Å². The zero-order valence-corrected chi connectivity index (χ0v) is 17.5. The van der Waals surface area contributed by atoms with Gasteiger partial charge in [-0.05, 0) is 61.1 Å². The monoisotopic (exact) mass is 396 g/mol. The third-order valence-corrected chi connectivity index (χ3v) is 5.57. The van der Waals surface area contributed by atoms with E-state index >= 15 is 0 Å². The van der Waals surface area contributed by atoms with Gasteiger partial charge in [-0.3, -0.25) is 4.79 Å². The molecule has 3 rings (SSSR count).